The fourth-order valence-electron chi connectivity index (χ4n) is 3.92. The van der Waals surface area contributed by atoms with E-state index in [1.807, 2.05) is 0 Å². The van der Waals surface area contributed by atoms with Crippen LogP contribution in [-0.4, -0.2) is 22.8 Å². The first-order chi connectivity index (χ1) is 17.0. The molecule has 0 aliphatic carbocycles. The predicted molar refractivity (Wildman–Crippen MR) is 121 cm³/mol. The van der Waals surface area contributed by atoms with Crippen LogP contribution in [0.1, 0.15) is 40.4 Å². The zero-order chi connectivity index (χ0) is 26.0. The van der Waals surface area contributed by atoms with Crippen molar-refractivity contribution in [2.75, 3.05) is 5.32 Å². The number of amides is 2. The molecule has 36 heavy (non-hydrogen) atoms. The molecule has 1 aliphatic heterocycles. The van der Waals surface area contributed by atoms with Crippen LogP contribution in [0.2, 0.25) is 0 Å². The molecule has 0 saturated heterocycles. The highest BCUT2D eigenvalue weighted by Crippen LogP contribution is 2.32. The zero-order valence-corrected chi connectivity index (χ0v) is 19.0. The van der Waals surface area contributed by atoms with Crippen LogP contribution in [0.3, 0.4) is 0 Å². The first kappa shape index (κ1) is 25.2. The van der Waals surface area contributed by atoms with Crippen molar-refractivity contribution in [2.45, 2.75) is 38.7 Å². The van der Waals surface area contributed by atoms with Crippen molar-refractivity contribution in [3.63, 3.8) is 0 Å². The maximum Gasteiger partial charge on any atom is 0.416 e. The second kappa shape index (κ2) is 9.96. The van der Waals surface area contributed by atoms with Crippen molar-refractivity contribution in [3.05, 3.63) is 94.6 Å². The van der Waals surface area contributed by atoms with Crippen LogP contribution < -0.4 is 10.1 Å². The molecule has 0 radical (unpaired) electrons. The van der Waals surface area contributed by atoms with Crippen LogP contribution in [0.4, 0.5) is 27.6 Å². The van der Waals surface area contributed by atoms with Crippen molar-refractivity contribution in [3.8, 4) is 5.75 Å². The van der Waals surface area contributed by atoms with E-state index in [1.165, 1.54) is 23.1 Å². The Morgan fingerprint density at radius 2 is 1.86 bits per heavy atom. The van der Waals surface area contributed by atoms with E-state index < -0.39 is 35.4 Å². The summed E-state index contributed by atoms with van der Waals surface area (Å²) in [5.74, 6) is -2.64. The monoisotopic (exact) mass is 504 g/mol. The molecule has 0 saturated carbocycles. The number of carbonyl (C=O) groups is 2. The molecule has 188 valence electrons. The van der Waals surface area contributed by atoms with E-state index in [0.29, 0.717) is 29.4 Å². The minimum absolute atomic E-state index is 0.00946. The third kappa shape index (κ3) is 5.48. The van der Waals surface area contributed by atoms with Crippen LogP contribution in [0, 0.1) is 11.6 Å². The van der Waals surface area contributed by atoms with Crippen molar-refractivity contribution in [1.82, 2.24) is 4.90 Å². The summed E-state index contributed by atoms with van der Waals surface area (Å²) in [4.78, 5) is 27.0. The molecule has 1 N–H and O–H groups in total. The van der Waals surface area contributed by atoms with Gasteiger partial charge in [0.05, 0.1) is 11.1 Å². The van der Waals surface area contributed by atoms with Crippen molar-refractivity contribution >= 4 is 17.5 Å². The Morgan fingerprint density at radius 1 is 1.08 bits per heavy atom. The summed E-state index contributed by atoms with van der Waals surface area (Å²) >= 11 is 0. The molecule has 1 heterocycles. The Bertz CT molecular complexity index is 1310. The third-order valence-electron chi connectivity index (χ3n) is 5.71. The van der Waals surface area contributed by atoms with Crippen LogP contribution in [0.25, 0.3) is 0 Å². The van der Waals surface area contributed by atoms with Gasteiger partial charge in [-0.15, -0.1) is 0 Å². The number of hydrogen-bond acceptors (Lipinski definition) is 3. The number of hydrogen-bond donors (Lipinski definition) is 1. The first-order valence-corrected chi connectivity index (χ1v) is 11.1. The molecule has 1 aliphatic rings. The van der Waals surface area contributed by atoms with Gasteiger partial charge >= 0.3 is 6.18 Å². The minimum Gasteiger partial charge on any atom is -0.480 e. The second-order valence-corrected chi connectivity index (χ2v) is 8.31. The fraction of sp³-hybridized carbons (Fsp3) is 0.231. The number of ether oxygens (including phenoxy) is 1. The number of benzene rings is 3. The highest BCUT2D eigenvalue weighted by Gasteiger charge is 2.32. The molecule has 1 atom stereocenters. The van der Waals surface area contributed by atoms with Crippen LogP contribution in [-0.2, 0) is 24.1 Å². The first-order valence-electron chi connectivity index (χ1n) is 11.1. The topological polar surface area (TPSA) is 58.6 Å². The van der Waals surface area contributed by atoms with Gasteiger partial charge in [-0.05, 0) is 54.4 Å². The Morgan fingerprint density at radius 3 is 2.56 bits per heavy atom. The largest absolute Gasteiger partial charge is 0.480 e. The number of fused-ring (bicyclic) bond motifs is 1. The molecular weight excluding hydrogens is 483 g/mol. The van der Waals surface area contributed by atoms with Crippen LogP contribution in [0.5, 0.6) is 5.75 Å². The van der Waals surface area contributed by atoms with Crippen molar-refractivity contribution in [1.29, 1.82) is 0 Å². The Labute approximate surface area is 203 Å². The maximum atomic E-state index is 14.0. The Hall–Kier alpha value is -3.95. The van der Waals surface area contributed by atoms with E-state index in [4.69, 9.17) is 4.74 Å². The van der Waals surface area contributed by atoms with Gasteiger partial charge < -0.3 is 15.0 Å². The molecule has 0 bridgehead atoms. The van der Waals surface area contributed by atoms with Gasteiger partial charge in [-0.3, -0.25) is 9.59 Å². The Balaban J connectivity index is 1.60. The molecule has 10 heteroatoms. The van der Waals surface area contributed by atoms with Crippen LogP contribution in [0.15, 0.2) is 60.7 Å². The lowest BCUT2D eigenvalue weighted by Crippen LogP contribution is -2.38. The van der Waals surface area contributed by atoms with Crippen molar-refractivity contribution < 1.29 is 36.3 Å². The zero-order valence-electron chi connectivity index (χ0n) is 19.0. The average molecular weight is 504 g/mol. The van der Waals surface area contributed by atoms with Gasteiger partial charge in [0.2, 0.25) is 0 Å². The smallest absolute Gasteiger partial charge is 0.416 e. The fourth-order valence-corrected chi connectivity index (χ4v) is 3.92. The normalized spacial score (nSPS) is 15.7. The predicted octanol–water partition coefficient (Wildman–Crippen LogP) is 5.94. The molecule has 0 aromatic heterocycles. The summed E-state index contributed by atoms with van der Waals surface area (Å²) in [5.41, 5.74) is -0.0946. The molecule has 0 fully saturated rings. The average Bonchev–Trinajstić information content (AvgIpc) is 2.94. The summed E-state index contributed by atoms with van der Waals surface area (Å²) in [6.07, 6.45) is -5.03. The van der Waals surface area contributed by atoms with Gasteiger partial charge in [-0.2, -0.15) is 13.2 Å². The summed E-state index contributed by atoms with van der Waals surface area (Å²) < 4.78 is 72.4. The van der Waals surface area contributed by atoms with Gasteiger partial charge in [0.25, 0.3) is 11.8 Å². The molecule has 3 aromatic rings. The van der Waals surface area contributed by atoms with E-state index in [1.54, 1.807) is 19.1 Å². The number of alkyl halides is 3. The second-order valence-electron chi connectivity index (χ2n) is 8.31. The number of halogens is 5. The molecule has 5 nitrogen and oxygen atoms in total. The molecular formula is C26H21F5N2O3. The molecule has 0 spiro atoms. The van der Waals surface area contributed by atoms with E-state index in [2.05, 4.69) is 5.32 Å². The number of nitrogens with one attached hydrogen (secondary N) is 1. The summed E-state index contributed by atoms with van der Waals surface area (Å²) in [7, 11) is 0. The Kier molecular flexibility index (Phi) is 6.96. The van der Waals surface area contributed by atoms with E-state index in [0.717, 1.165) is 24.3 Å². The van der Waals surface area contributed by atoms with E-state index in [-0.39, 0.29) is 30.2 Å². The van der Waals surface area contributed by atoms with Crippen molar-refractivity contribution in [2.24, 2.45) is 0 Å². The lowest BCUT2D eigenvalue weighted by molar-refractivity contribution is -0.139. The van der Waals surface area contributed by atoms with Gasteiger partial charge in [0.1, 0.15) is 17.4 Å². The standard InChI is InChI=1S/C26H21F5N2O3/c1-2-22-25(35)33(13-15-4-3-5-17(10-15)26(29,30)31)14-16-11-19(7-9-23(16)36-22)32-24(34)20-8-6-18(27)12-21(20)28/h3-12,22H,2,13-14H2,1H3,(H,32,34)/t22-/m1/s1. The highest BCUT2D eigenvalue weighted by atomic mass is 19.4. The van der Waals surface area contributed by atoms with Gasteiger partial charge in [0, 0.05) is 30.4 Å². The van der Waals surface area contributed by atoms with E-state index in [9.17, 15) is 31.5 Å². The number of nitrogens with zero attached hydrogens (tertiary/aromatic N) is 1. The number of anilines is 1. The molecule has 0 unspecified atom stereocenters. The SMILES string of the molecule is CC[C@H]1Oc2ccc(NC(=O)c3ccc(F)cc3F)cc2CN(Cc2cccc(C(F)(F)F)c2)C1=O. The number of rotatable bonds is 5. The summed E-state index contributed by atoms with van der Waals surface area (Å²) in [6, 6.07) is 11.9. The molecule has 3 aromatic carbocycles. The number of carbonyl (C=O) groups excluding carboxylic acids is 2. The lowest BCUT2D eigenvalue weighted by atomic mass is 10.1. The summed E-state index contributed by atoms with van der Waals surface area (Å²) in [6.45, 7) is 1.68. The third-order valence-corrected chi connectivity index (χ3v) is 5.71. The van der Waals surface area contributed by atoms with Crippen LogP contribution >= 0.6 is 0 Å². The van der Waals surface area contributed by atoms with E-state index >= 15 is 0 Å². The van der Waals surface area contributed by atoms with Gasteiger partial charge in [0.15, 0.2) is 6.10 Å². The lowest BCUT2D eigenvalue weighted by Gasteiger charge is -2.23. The highest BCUT2D eigenvalue weighted by molar-refractivity contribution is 6.04. The maximum absolute atomic E-state index is 14.0. The minimum atomic E-state index is -4.52. The van der Waals surface area contributed by atoms with Gasteiger partial charge in [-0.1, -0.05) is 19.1 Å². The quantitative estimate of drug-likeness (QED) is 0.438. The van der Waals surface area contributed by atoms with Gasteiger partial charge in [-0.25, -0.2) is 8.78 Å². The molecule has 2 amide bonds. The molecule has 4 rings (SSSR count). The summed E-state index contributed by atoms with van der Waals surface area (Å²) in [5, 5.41) is 2.53.